The molecule has 0 bridgehead atoms. The van der Waals surface area contributed by atoms with Crippen LogP contribution in [0.25, 0.3) is 0 Å². The second-order valence-electron chi connectivity index (χ2n) is 4.94. The van der Waals surface area contributed by atoms with Gasteiger partial charge in [0, 0.05) is 25.0 Å². The van der Waals surface area contributed by atoms with Gasteiger partial charge in [-0.1, -0.05) is 32.4 Å². The van der Waals surface area contributed by atoms with Crippen LogP contribution in [0, 0.1) is 5.41 Å². The van der Waals surface area contributed by atoms with E-state index in [1.807, 2.05) is 6.07 Å². The minimum Gasteiger partial charge on any atom is -0.310 e. The van der Waals surface area contributed by atoms with E-state index in [4.69, 9.17) is 11.6 Å². The molecule has 0 radical (unpaired) electrons. The maximum atomic E-state index is 6.02. The van der Waals surface area contributed by atoms with Crippen molar-refractivity contribution < 1.29 is 0 Å². The first-order chi connectivity index (χ1) is 6.91. The molecule has 0 saturated carbocycles. The van der Waals surface area contributed by atoms with Crippen molar-refractivity contribution in [2.45, 2.75) is 40.3 Å². The summed E-state index contributed by atoms with van der Waals surface area (Å²) in [5.74, 6) is 0. The molecule has 1 atom stereocenters. The number of halogens is 1. The highest BCUT2D eigenvalue weighted by molar-refractivity contribution is 6.31. The zero-order chi connectivity index (χ0) is 11.5. The summed E-state index contributed by atoms with van der Waals surface area (Å²) >= 11 is 6.02. The predicted octanol–water partition coefficient (Wildman–Crippen LogP) is 3.26. The lowest BCUT2D eigenvalue weighted by atomic mass is 9.88. The molecule has 1 heterocycles. The Bertz CT molecular complexity index is 318. The van der Waals surface area contributed by atoms with Crippen molar-refractivity contribution in [3.8, 4) is 0 Å². The summed E-state index contributed by atoms with van der Waals surface area (Å²) in [5.41, 5.74) is 1.36. The van der Waals surface area contributed by atoms with Crippen LogP contribution in [0.3, 0.4) is 0 Å². The topological polar surface area (TPSA) is 24.9 Å². The van der Waals surface area contributed by atoms with E-state index >= 15 is 0 Å². The Labute approximate surface area is 97.1 Å². The average molecular weight is 227 g/mol. The van der Waals surface area contributed by atoms with Crippen LogP contribution in [0.5, 0.6) is 0 Å². The Morgan fingerprint density at radius 3 is 2.67 bits per heavy atom. The second-order valence-corrected chi connectivity index (χ2v) is 5.34. The van der Waals surface area contributed by atoms with Gasteiger partial charge in [-0.2, -0.15) is 0 Å². The standard InChI is InChI=1S/C12H19ClN2/c1-9(12(2,3)4)15-7-10-5-6-14-8-11(10)13/h5-6,8-9,15H,7H2,1-4H3. The Kier molecular flexibility index (Phi) is 4.12. The normalized spacial score (nSPS) is 13.9. The number of rotatable bonds is 3. The van der Waals surface area contributed by atoms with Crippen LogP contribution in [-0.4, -0.2) is 11.0 Å². The number of pyridine rings is 1. The van der Waals surface area contributed by atoms with Crippen LogP contribution in [0.1, 0.15) is 33.3 Å². The monoisotopic (exact) mass is 226 g/mol. The molecule has 1 N–H and O–H groups in total. The van der Waals surface area contributed by atoms with Crippen LogP contribution in [-0.2, 0) is 6.54 Å². The minimum atomic E-state index is 0.263. The van der Waals surface area contributed by atoms with Gasteiger partial charge in [0.2, 0.25) is 0 Å². The van der Waals surface area contributed by atoms with Gasteiger partial charge in [0.05, 0.1) is 5.02 Å². The van der Waals surface area contributed by atoms with Crippen LogP contribution in [0.4, 0.5) is 0 Å². The Morgan fingerprint density at radius 1 is 1.47 bits per heavy atom. The van der Waals surface area contributed by atoms with Gasteiger partial charge in [-0.15, -0.1) is 0 Å². The van der Waals surface area contributed by atoms with Gasteiger partial charge in [0.15, 0.2) is 0 Å². The summed E-state index contributed by atoms with van der Waals surface area (Å²) in [6, 6.07) is 2.40. The van der Waals surface area contributed by atoms with Crippen molar-refractivity contribution in [3.63, 3.8) is 0 Å². The van der Waals surface area contributed by atoms with E-state index in [0.29, 0.717) is 6.04 Å². The molecule has 0 spiro atoms. The zero-order valence-corrected chi connectivity index (χ0v) is 10.6. The number of nitrogens with zero attached hydrogens (tertiary/aromatic N) is 1. The lowest BCUT2D eigenvalue weighted by molar-refractivity contribution is 0.285. The summed E-state index contributed by atoms with van der Waals surface area (Å²) in [7, 11) is 0. The summed E-state index contributed by atoms with van der Waals surface area (Å²) < 4.78 is 0. The maximum Gasteiger partial charge on any atom is 0.0634 e. The minimum absolute atomic E-state index is 0.263. The fourth-order valence-corrected chi connectivity index (χ4v) is 1.30. The first-order valence-corrected chi connectivity index (χ1v) is 5.61. The molecular formula is C12H19ClN2. The van der Waals surface area contributed by atoms with Crippen LogP contribution < -0.4 is 5.32 Å². The summed E-state index contributed by atoms with van der Waals surface area (Å²) in [6.07, 6.45) is 3.45. The largest absolute Gasteiger partial charge is 0.310 e. The Balaban J connectivity index is 2.55. The van der Waals surface area contributed by atoms with Crippen molar-refractivity contribution in [2.75, 3.05) is 0 Å². The fraction of sp³-hybridized carbons (Fsp3) is 0.583. The lowest BCUT2D eigenvalue weighted by Gasteiger charge is -2.28. The second kappa shape index (κ2) is 4.95. The van der Waals surface area contributed by atoms with E-state index in [-0.39, 0.29) is 5.41 Å². The smallest absolute Gasteiger partial charge is 0.0634 e. The Hall–Kier alpha value is -0.600. The highest BCUT2D eigenvalue weighted by atomic mass is 35.5. The van der Waals surface area contributed by atoms with Crippen molar-refractivity contribution >= 4 is 11.6 Å². The van der Waals surface area contributed by atoms with Crippen molar-refractivity contribution in [1.29, 1.82) is 0 Å². The van der Waals surface area contributed by atoms with E-state index in [1.54, 1.807) is 12.4 Å². The van der Waals surface area contributed by atoms with Crippen molar-refractivity contribution in [3.05, 3.63) is 29.0 Å². The third-order valence-electron chi connectivity index (χ3n) is 2.75. The molecular weight excluding hydrogens is 208 g/mol. The molecule has 0 fully saturated rings. The van der Waals surface area contributed by atoms with Crippen molar-refractivity contribution in [2.24, 2.45) is 5.41 Å². The molecule has 0 amide bonds. The lowest BCUT2D eigenvalue weighted by Crippen LogP contribution is -2.37. The first-order valence-electron chi connectivity index (χ1n) is 5.23. The maximum absolute atomic E-state index is 6.02. The van der Waals surface area contributed by atoms with Gasteiger partial charge >= 0.3 is 0 Å². The van der Waals surface area contributed by atoms with Crippen LogP contribution >= 0.6 is 11.6 Å². The van der Waals surface area contributed by atoms with E-state index in [2.05, 4.69) is 38.0 Å². The van der Waals surface area contributed by atoms with Crippen LogP contribution in [0.2, 0.25) is 5.02 Å². The van der Waals surface area contributed by atoms with Gasteiger partial charge in [-0.25, -0.2) is 0 Å². The number of hydrogen-bond donors (Lipinski definition) is 1. The average Bonchev–Trinajstić information content (AvgIpc) is 2.14. The SMILES string of the molecule is CC(NCc1ccncc1Cl)C(C)(C)C. The number of nitrogens with one attached hydrogen (secondary N) is 1. The molecule has 0 aliphatic rings. The molecule has 2 nitrogen and oxygen atoms in total. The zero-order valence-electron chi connectivity index (χ0n) is 9.84. The van der Waals surface area contributed by atoms with Gasteiger partial charge in [0.1, 0.15) is 0 Å². The van der Waals surface area contributed by atoms with E-state index in [1.165, 1.54) is 0 Å². The van der Waals surface area contributed by atoms with Gasteiger partial charge in [-0.3, -0.25) is 4.98 Å². The van der Waals surface area contributed by atoms with E-state index < -0.39 is 0 Å². The number of aromatic nitrogens is 1. The molecule has 0 aliphatic carbocycles. The highest BCUT2D eigenvalue weighted by Crippen LogP contribution is 2.20. The molecule has 84 valence electrons. The molecule has 15 heavy (non-hydrogen) atoms. The third kappa shape index (κ3) is 3.80. The molecule has 1 unspecified atom stereocenters. The molecule has 0 aliphatic heterocycles. The number of hydrogen-bond acceptors (Lipinski definition) is 2. The molecule has 0 aromatic carbocycles. The fourth-order valence-electron chi connectivity index (χ4n) is 1.12. The van der Waals surface area contributed by atoms with E-state index in [9.17, 15) is 0 Å². The molecule has 1 aromatic rings. The third-order valence-corrected chi connectivity index (χ3v) is 3.09. The Morgan fingerprint density at radius 2 is 2.13 bits per heavy atom. The summed E-state index contributed by atoms with van der Waals surface area (Å²) in [6.45, 7) is 9.64. The van der Waals surface area contributed by atoms with Gasteiger partial charge in [-0.05, 0) is 24.0 Å². The summed E-state index contributed by atoms with van der Waals surface area (Å²) in [5, 5.41) is 4.20. The first kappa shape index (κ1) is 12.5. The molecule has 3 heteroatoms. The van der Waals surface area contributed by atoms with Crippen molar-refractivity contribution in [1.82, 2.24) is 10.3 Å². The molecule has 0 saturated heterocycles. The van der Waals surface area contributed by atoms with E-state index in [0.717, 1.165) is 17.1 Å². The molecule has 1 aromatic heterocycles. The van der Waals surface area contributed by atoms with Gasteiger partial charge in [0.25, 0.3) is 0 Å². The highest BCUT2D eigenvalue weighted by Gasteiger charge is 2.19. The van der Waals surface area contributed by atoms with Gasteiger partial charge < -0.3 is 5.32 Å². The van der Waals surface area contributed by atoms with Crippen LogP contribution in [0.15, 0.2) is 18.5 Å². The summed E-state index contributed by atoms with van der Waals surface area (Å²) in [4.78, 5) is 3.96. The predicted molar refractivity (Wildman–Crippen MR) is 65.0 cm³/mol. The molecule has 1 rings (SSSR count). The quantitative estimate of drug-likeness (QED) is 0.856.